The van der Waals surface area contributed by atoms with Crippen molar-refractivity contribution < 1.29 is 9.66 Å². The number of nitro groups is 1. The normalized spacial score (nSPS) is 12.5. The maximum atomic E-state index is 11.4. The van der Waals surface area contributed by atoms with Crippen molar-refractivity contribution in [2.24, 2.45) is 0 Å². The lowest BCUT2D eigenvalue weighted by atomic mass is 10.1. The van der Waals surface area contributed by atoms with Crippen LogP contribution in [0.2, 0.25) is 0 Å². The minimum atomic E-state index is -0.374. The van der Waals surface area contributed by atoms with Gasteiger partial charge in [0.05, 0.1) is 17.7 Å². The van der Waals surface area contributed by atoms with Crippen LogP contribution in [0.15, 0.2) is 48.5 Å². The molecule has 7 heteroatoms. The van der Waals surface area contributed by atoms with E-state index in [2.05, 4.69) is 5.32 Å². The molecular weight excluding hydrogens is 332 g/mol. The van der Waals surface area contributed by atoms with Crippen LogP contribution in [0, 0.1) is 10.1 Å². The van der Waals surface area contributed by atoms with E-state index in [0.29, 0.717) is 12.1 Å². The third kappa shape index (κ3) is 2.77. The zero-order chi connectivity index (χ0) is 18.1. The highest BCUT2D eigenvalue weighted by atomic mass is 16.6. The first-order chi connectivity index (χ1) is 12.7. The molecule has 3 aromatic rings. The fraction of sp³-hybridized carbons (Fsp3) is 0.211. The summed E-state index contributed by atoms with van der Waals surface area (Å²) in [5, 5.41) is 19.4. The van der Waals surface area contributed by atoms with Crippen molar-refractivity contribution in [3.8, 4) is 11.4 Å². The lowest BCUT2D eigenvalue weighted by Crippen LogP contribution is -2.07. The monoisotopic (exact) mass is 350 g/mol. The van der Waals surface area contributed by atoms with Gasteiger partial charge in [-0.3, -0.25) is 10.1 Å². The second-order valence-electron chi connectivity index (χ2n) is 6.13. The van der Waals surface area contributed by atoms with Crippen LogP contribution in [0.5, 0.6) is 5.75 Å². The minimum Gasteiger partial charge on any atom is -0.497 e. The number of hydrogen-bond donors (Lipinski definition) is 1. The highest BCUT2D eigenvalue weighted by Gasteiger charge is 2.26. The van der Waals surface area contributed by atoms with Crippen LogP contribution in [0.3, 0.4) is 0 Å². The van der Waals surface area contributed by atoms with E-state index in [1.807, 2.05) is 24.3 Å². The molecule has 2 aromatic carbocycles. The average Bonchev–Trinajstić information content (AvgIpc) is 3.26. The summed E-state index contributed by atoms with van der Waals surface area (Å²) in [5.41, 5.74) is 3.70. The van der Waals surface area contributed by atoms with E-state index in [-0.39, 0.29) is 10.6 Å². The summed E-state index contributed by atoms with van der Waals surface area (Å²) in [6.45, 7) is 0.809. The van der Waals surface area contributed by atoms with Gasteiger partial charge in [-0.1, -0.05) is 24.3 Å². The van der Waals surface area contributed by atoms with Crippen LogP contribution < -0.4 is 10.1 Å². The third-order valence-corrected chi connectivity index (χ3v) is 4.57. The standard InChI is InChI=1S/C19H18N4O3/c1-26-14-8-6-13(7-9-14)12-16-15-10-11-20-19(15)22(21-16)17-4-2-3-5-18(17)23(24)25/h2-9,20H,10-12H2,1H3. The lowest BCUT2D eigenvalue weighted by molar-refractivity contribution is -0.384. The largest absolute Gasteiger partial charge is 0.497 e. The molecule has 0 atom stereocenters. The van der Waals surface area contributed by atoms with Crippen molar-refractivity contribution in [2.45, 2.75) is 12.8 Å². The van der Waals surface area contributed by atoms with Crippen molar-refractivity contribution in [1.29, 1.82) is 0 Å². The Kier molecular flexibility index (Phi) is 4.04. The molecule has 0 amide bonds. The van der Waals surface area contributed by atoms with Crippen LogP contribution in [-0.2, 0) is 12.8 Å². The van der Waals surface area contributed by atoms with Gasteiger partial charge in [0.15, 0.2) is 0 Å². The number of ether oxygens (including phenoxy) is 1. The number of para-hydroxylation sites is 2. The van der Waals surface area contributed by atoms with Gasteiger partial charge in [-0.15, -0.1) is 0 Å². The Hall–Kier alpha value is -3.35. The number of hydrogen-bond acceptors (Lipinski definition) is 5. The maximum absolute atomic E-state index is 11.4. The summed E-state index contributed by atoms with van der Waals surface area (Å²) in [5.74, 6) is 1.66. The maximum Gasteiger partial charge on any atom is 0.294 e. The van der Waals surface area contributed by atoms with E-state index in [0.717, 1.165) is 41.4 Å². The van der Waals surface area contributed by atoms with Gasteiger partial charge in [0.25, 0.3) is 5.69 Å². The highest BCUT2D eigenvalue weighted by Crippen LogP contribution is 2.33. The van der Waals surface area contributed by atoms with E-state index in [4.69, 9.17) is 9.84 Å². The Morgan fingerprint density at radius 2 is 2.00 bits per heavy atom. The second kappa shape index (κ2) is 6.51. The number of aromatic nitrogens is 2. The molecule has 1 N–H and O–H groups in total. The number of nitrogens with one attached hydrogen (secondary N) is 1. The average molecular weight is 350 g/mol. The predicted octanol–water partition coefficient (Wildman–Crippen LogP) is 3.35. The molecule has 26 heavy (non-hydrogen) atoms. The van der Waals surface area contributed by atoms with Gasteiger partial charge in [0.2, 0.25) is 0 Å². The summed E-state index contributed by atoms with van der Waals surface area (Å²) in [7, 11) is 1.64. The SMILES string of the molecule is COc1ccc(Cc2nn(-c3ccccc3[N+](=O)[O-])c3c2CCN3)cc1. The number of fused-ring (bicyclic) bond motifs is 1. The van der Waals surface area contributed by atoms with Crippen molar-refractivity contribution in [3.05, 3.63) is 75.5 Å². The molecule has 1 aliphatic rings. The Balaban J connectivity index is 1.75. The van der Waals surface area contributed by atoms with Gasteiger partial charge < -0.3 is 10.1 Å². The molecule has 7 nitrogen and oxygen atoms in total. The van der Waals surface area contributed by atoms with Gasteiger partial charge in [-0.05, 0) is 30.2 Å². The summed E-state index contributed by atoms with van der Waals surface area (Å²) in [4.78, 5) is 11.0. The van der Waals surface area contributed by atoms with Crippen LogP contribution in [0.4, 0.5) is 11.5 Å². The highest BCUT2D eigenvalue weighted by molar-refractivity contribution is 5.62. The summed E-state index contributed by atoms with van der Waals surface area (Å²) in [6, 6.07) is 14.5. The number of nitro benzene ring substituents is 1. The van der Waals surface area contributed by atoms with Crippen LogP contribution in [-0.4, -0.2) is 28.4 Å². The smallest absolute Gasteiger partial charge is 0.294 e. The third-order valence-electron chi connectivity index (χ3n) is 4.57. The molecule has 1 aromatic heterocycles. The molecule has 0 fully saturated rings. The van der Waals surface area contributed by atoms with E-state index in [1.165, 1.54) is 6.07 Å². The summed E-state index contributed by atoms with van der Waals surface area (Å²) in [6.07, 6.45) is 1.53. The topological polar surface area (TPSA) is 82.2 Å². The molecule has 0 unspecified atom stereocenters. The quantitative estimate of drug-likeness (QED) is 0.564. The number of anilines is 1. The molecule has 1 aliphatic heterocycles. The Morgan fingerprint density at radius 3 is 2.73 bits per heavy atom. The zero-order valence-corrected chi connectivity index (χ0v) is 14.3. The van der Waals surface area contributed by atoms with Gasteiger partial charge in [0.1, 0.15) is 17.3 Å². The van der Waals surface area contributed by atoms with Crippen LogP contribution in [0.25, 0.3) is 5.69 Å². The molecule has 0 aliphatic carbocycles. The van der Waals surface area contributed by atoms with Crippen molar-refractivity contribution in [1.82, 2.24) is 9.78 Å². The van der Waals surface area contributed by atoms with E-state index in [9.17, 15) is 10.1 Å². The summed E-state index contributed by atoms with van der Waals surface area (Å²) < 4.78 is 6.86. The van der Waals surface area contributed by atoms with Gasteiger partial charge in [-0.2, -0.15) is 5.10 Å². The Morgan fingerprint density at radius 1 is 1.23 bits per heavy atom. The molecular formula is C19H18N4O3. The van der Waals surface area contributed by atoms with Crippen molar-refractivity contribution in [2.75, 3.05) is 19.0 Å². The molecule has 2 heterocycles. The minimum absolute atomic E-state index is 0.0440. The Bertz CT molecular complexity index is 963. The fourth-order valence-corrected chi connectivity index (χ4v) is 3.30. The van der Waals surface area contributed by atoms with Gasteiger partial charge in [0, 0.05) is 24.6 Å². The van der Waals surface area contributed by atoms with E-state index < -0.39 is 0 Å². The molecule has 0 spiro atoms. The number of methoxy groups -OCH3 is 1. The fourth-order valence-electron chi connectivity index (χ4n) is 3.30. The Labute approximate surface area is 150 Å². The molecule has 132 valence electrons. The molecule has 4 rings (SSSR count). The van der Waals surface area contributed by atoms with Crippen LogP contribution >= 0.6 is 0 Å². The number of benzene rings is 2. The van der Waals surface area contributed by atoms with Gasteiger partial charge in [-0.25, -0.2) is 4.68 Å². The van der Waals surface area contributed by atoms with Gasteiger partial charge >= 0.3 is 0 Å². The first kappa shape index (κ1) is 16.1. The lowest BCUT2D eigenvalue weighted by Gasteiger charge is -2.07. The molecule has 0 saturated carbocycles. The van der Waals surface area contributed by atoms with E-state index >= 15 is 0 Å². The first-order valence-electron chi connectivity index (χ1n) is 8.38. The molecule has 0 saturated heterocycles. The number of nitrogens with zero attached hydrogens (tertiary/aromatic N) is 3. The van der Waals surface area contributed by atoms with Crippen molar-refractivity contribution in [3.63, 3.8) is 0 Å². The molecule has 0 bridgehead atoms. The predicted molar refractivity (Wildman–Crippen MR) is 98.2 cm³/mol. The molecule has 0 radical (unpaired) electrons. The summed E-state index contributed by atoms with van der Waals surface area (Å²) >= 11 is 0. The second-order valence-corrected chi connectivity index (χ2v) is 6.13. The zero-order valence-electron chi connectivity index (χ0n) is 14.3. The van der Waals surface area contributed by atoms with Crippen LogP contribution in [0.1, 0.15) is 16.8 Å². The van der Waals surface area contributed by atoms with E-state index in [1.54, 1.807) is 30.0 Å². The first-order valence-corrected chi connectivity index (χ1v) is 8.38. The van der Waals surface area contributed by atoms with Crippen molar-refractivity contribution >= 4 is 11.5 Å². The number of rotatable bonds is 5.